The lowest BCUT2D eigenvalue weighted by molar-refractivity contribution is 0.0939. The number of amides is 1. The van der Waals surface area contributed by atoms with Gasteiger partial charge in [-0.15, -0.1) is 0 Å². The van der Waals surface area contributed by atoms with Crippen LogP contribution in [0.1, 0.15) is 40.7 Å². The maximum Gasteiger partial charge on any atom is 0.251 e. The molecule has 1 amide bonds. The Bertz CT molecular complexity index is 475. The molecule has 4 heteroatoms. The third kappa shape index (κ3) is 2.31. The molecule has 1 aromatic carbocycles. The molecule has 1 fully saturated rings. The molecule has 3 nitrogen and oxygen atoms in total. The molecule has 0 aromatic heterocycles. The molecule has 2 aliphatic rings. The monoisotopic (exact) mass is 309 g/mol. The second kappa shape index (κ2) is 5.02. The van der Waals surface area contributed by atoms with Gasteiger partial charge < -0.3 is 10.1 Å². The molecule has 1 heterocycles. The maximum atomic E-state index is 12.2. The fourth-order valence-electron chi connectivity index (χ4n) is 2.64. The fourth-order valence-corrected chi connectivity index (χ4v) is 3.36. The Balaban J connectivity index is 1.72. The number of hydrogen-bond acceptors (Lipinski definition) is 2. The van der Waals surface area contributed by atoms with E-state index in [2.05, 4.69) is 21.2 Å². The SMILES string of the molecule is O=C(NC1CCCC1Br)c1ccc2c(c1)COC2. The Kier molecular flexibility index (Phi) is 3.39. The number of carbonyl (C=O) groups is 1. The highest BCUT2D eigenvalue weighted by Gasteiger charge is 2.26. The van der Waals surface area contributed by atoms with Crippen LogP contribution in [0.2, 0.25) is 0 Å². The van der Waals surface area contributed by atoms with Crippen molar-refractivity contribution in [1.29, 1.82) is 0 Å². The number of nitrogens with one attached hydrogen (secondary N) is 1. The molecule has 0 saturated heterocycles. The molecule has 1 aliphatic carbocycles. The molecule has 18 heavy (non-hydrogen) atoms. The van der Waals surface area contributed by atoms with E-state index in [0.29, 0.717) is 18.0 Å². The van der Waals surface area contributed by atoms with Gasteiger partial charge in [0.2, 0.25) is 0 Å². The number of hydrogen-bond donors (Lipinski definition) is 1. The number of carbonyl (C=O) groups excluding carboxylic acids is 1. The summed E-state index contributed by atoms with van der Waals surface area (Å²) in [5.74, 6) is 0.0288. The molecule has 96 valence electrons. The minimum Gasteiger partial charge on any atom is -0.372 e. The first-order valence-corrected chi connectivity index (χ1v) is 7.30. The molecule has 2 atom stereocenters. The number of rotatable bonds is 2. The summed E-state index contributed by atoms with van der Waals surface area (Å²) in [5, 5.41) is 3.11. The van der Waals surface area contributed by atoms with Crippen molar-refractivity contribution in [2.75, 3.05) is 0 Å². The lowest BCUT2D eigenvalue weighted by Crippen LogP contribution is -2.37. The lowest BCUT2D eigenvalue weighted by Gasteiger charge is -2.16. The van der Waals surface area contributed by atoms with Gasteiger partial charge in [0, 0.05) is 16.4 Å². The number of ether oxygens (including phenoxy) is 1. The maximum absolute atomic E-state index is 12.2. The van der Waals surface area contributed by atoms with Crippen molar-refractivity contribution in [1.82, 2.24) is 5.32 Å². The van der Waals surface area contributed by atoms with E-state index in [0.717, 1.165) is 24.0 Å². The average Bonchev–Trinajstić information content (AvgIpc) is 2.98. The smallest absolute Gasteiger partial charge is 0.251 e. The van der Waals surface area contributed by atoms with Crippen molar-refractivity contribution < 1.29 is 9.53 Å². The van der Waals surface area contributed by atoms with Crippen LogP contribution in [0.3, 0.4) is 0 Å². The van der Waals surface area contributed by atoms with E-state index in [1.54, 1.807) is 0 Å². The van der Waals surface area contributed by atoms with Gasteiger partial charge >= 0.3 is 0 Å². The summed E-state index contributed by atoms with van der Waals surface area (Å²) >= 11 is 3.62. The first-order chi connectivity index (χ1) is 8.74. The van der Waals surface area contributed by atoms with E-state index in [1.807, 2.05) is 18.2 Å². The van der Waals surface area contributed by atoms with Gasteiger partial charge in [-0.1, -0.05) is 28.4 Å². The number of benzene rings is 1. The van der Waals surface area contributed by atoms with E-state index >= 15 is 0 Å². The average molecular weight is 310 g/mol. The van der Waals surface area contributed by atoms with Gasteiger partial charge in [-0.25, -0.2) is 0 Å². The van der Waals surface area contributed by atoms with Crippen molar-refractivity contribution >= 4 is 21.8 Å². The van der Waals surface area contributed by atoms with Crippen LogP contribution in [0, 0.1) is 0 Å². The van der Waals surface area contributed by atoms with Crippen LogP contribution < -0.4 is 5.32 Å². The molecule has 1 N–H and O–H groups in total. The normalized spacial score (nSPS) is 26.1. The summed E-state index contributed by atoms with van der Waals surface area (Å²) < 4.78 is 5.36. The van der Waals surface area contributed by atoms with Gasteiger partial charge in [-0.05, 0) is 36.1 Å². The van der Waals surface area contributed by atoms with Crippen LogP contribution >= 0.6 is 15.9 Å². The van der Waals surface area contributed by atoms with Gasteiger partial charge in [0.1, 0.15) is 0 Å². The van der Waals surface area contributed by atoms with Gasteiger partial charge in [0.05, 0.1) is 13.2 Å². The third-order valence-corrected chi connectivity index (χ3v) is 4.83. The zero-order valence-corrected chi connectivity index (χ0v) is 11.7. The minimum absolute atomic E-state index is 0.0288. The molecule has 0 radical (unpaired) electrons. The Morgan fingerprint density at radius 2 is 2.11 bits per heavy atom. The summed E-state index contributed by atoms with van der Waals surface area (Å²) in [4.78, 5) is 12.6. The van der Waals surface area contributed by atoms with Crippen molar-refractivity contribution in [2.24, 2.45) is 0 Å². The quantitative estimate of drug-likeness (QED) is 0.853. The second-order valence-electron chi connectivity index (χ2n) is 5.00. The van der Waals surface area contributed by atoms with Crippen LogP contribution in [0.15, 0.2) is 18.2 Å². The number of halogens is 1. The molecule has 1 saturated carbocycles. The highest BCUT2D eigenvalue weighted by Crippen LogP contribution is 2.26. The Hall–Kier alpha value is -0.870. The highest BCUT2D eigenvalue weighted by molar-refractivity contribution is 9.09. The van der Waals surface area contributed by atoms with Gasteiger partial charge in [0.25, 0.3) is 5.91 Å². The van der Waals surface area contributed by atoms with Crippen LogP contribution in [-0.4, -0.2) is 16.8 Å². The van der Waals surface area contributed by atoms with Crippen molar-refractivity contribution in [3.63, 3.8) is 0 Å². The summed E-state index contributed by atoms with van der Waals surface area (Å²) in [5.41, 5.74) is 3.08. The Labute approximate surface area is 115 Å². The third-order valence-electron chi connectivity index (χ3n) is 3.73. The van der Waals surface area contributed by atoms with Crippen LogP contribution in [0.4, 0.5) is 0 Å². The molecule has 0 spiro atoms. The zero-order chi connectivity index (χ0) is 12.5. The highest BCUT2D eigenvalue weighted by atomic mass is 79.9. The molecule has 1 aromatic rings. The van der Waals surface area contributed by atoms with E-state index in [-0.39, 0.29) is 11.9 Å². The van der Waals surface area contributed by atoms with Gasteiger partial charge in [-0.2, -0.15) is 0 Å². The van der Waals surface area contributed by atoms with Crippen molar-refractivity contribution in [3.05, 3.63) is 34.9 Å². The predicted molar refractivity (Wildman–Crippen MR) is 72.8 cm³/mol. The second-order valence-corrected chi connectivity index (χ2v) is 6.18. The largest absolute Gasteiger partial charge is 0.372 e. The minimum atomic E-state index is 0.0288. The van der Waals surface area contributed by atoms with E-state index in [4.69, 9.17) is 4.74 Å². The number of alkyl halides is 1. The van der Waals surface area contributed by atoms with Gasteiger partial charge in [0.15, 0.2) is 0 Å². The zero-order valence-electron chi connectivity index (χ0n) is 10.1. The molecule has 1 aliphatic heterocycles. The predicted octanol–water partition coefficient (Wildman–Crippen LogP) is 2.76. The molecular formula is C14H16BrNO2. The first kappa shape index (κ1) is 12.2. The summed E-state index contributed by atoms with van der Waals surface area (Å²) in [6.07, 6.45) is 3.39. The van der Waals surface area contributed by atoms with Gasteiger partial charge in [-0.3, -0.25) is 4.79 Å². The molecule has 0 bridgehead atoms. The molecule has 2 unspecified atom stereocenters. The molecular weight excluding hydrogens is 294 g/mol. The lowest BCUT2D eigenvalue weighted by atomic mass is 10.1. The Morgan fingerprint density at radius 3 is 2.89 bits per heavy atom. The fraction of sp³-hybridized carbons (Fsp3) is 0.500. The van der Waals surface area contributed by atoms with E-state index in [1.165, 1.54) is 12.0 Å². The van der Waals surface area contributed by atoms with E-state index < -0.39 is 0 Å². The summed E-state index contributed by atoms with van der Waals surface area (Å²) in [6.45, 7) is 1.30. The summed E-state index contributed by atoms with van der Waals surface area (Å²) in [7, 11) is 0. The molecule has 3 rings (SSSR count). The first-order valence-electron chi connectivity index (χ1n) is 6.38. The topological polar surface area (TPSA) is 38.3 Å². The Morgan fingerprint density at radius 1 is 1.28 bits per heavy atom. The van der Waals surface area contributed by atoms with Crippen LogP contribution in [0.5, 0.6) is 0 Å². The number of fused-ring (bicyclic) bond motifs is 1. The van der Waals surface area contributed by atoms with E-state index in [9.17, 15) is 4.79 Å². The van der Waals surface area contributed by atoms with Crippen molar-refractivity contribution in [2.45, 2.75) is 43.3 Å². The standard InChI is InChI=1S/C14H16BrNO2/c15-12-2-1-3-13(12)16-14(17)9-4-5-10-7-18-8-11(10)6-9/h4-6,12-13H,1-3,7-8H2,(H,16,17). The van der Waals surface area contributed by atoms with Crippen molar-refractivity contribution in [3.8, 4) is 0 Å². The van der Waals surface area contributed by atoms with Crippen LogP contribution in [0.25, 0.3) is 0 Å². The summed E-state index contributed by atoms with van der Waals surface area (Å²) in [6, 6.07) is 6.11. The van der Waals surface area contributed by atoms with Crippen LogP contribution in [-0.2, 0) is 18.0 Å².